The van der Waals surface area contributed by atoms with E-state index in [9.17, 15) is 5.21 Å². The Morgan fingerprint density at radius 3 is 2.12 bits per heavy atom. The monoisotopic (exact) mass is 318 g/mol. The fourth-order valence-corrected chi connectivity index (χ4v) is 5.15. The average molecular weight is 318 g/mol. The van der Waals surface area contributed by atoms with Crippen molar-refractivity contribution in [2.75, 3.05) is 4.90 Å². The summed E-state index contributed by atoms with van der Waals surface area (Å²) in [4.78, 5) is 2.48. The Kier molecular flexibility index (Phi) is 3.15. The van der Waals surface area contributed by atoms with Gasteiger partial charge in [0.25, 0.3) is 0 Å². The van der Waals surface area contributed by atoms with Crippen LogP contribution in [0.1, 0.15) is 30.4 Å². The van der Waals surface area contributed by atoms with Gasteiger partial charge in [-0.05, 0) is 61.3 Å². The number of oxime groups is 1. The first-order valence-electron chi connectivity index (χ1n) is 9.03. The third-order valence-electron chi connectivity index (χ3n) is 6.20. The maximum atomic E-state index is 9.72. The molecule has 0 spiro atoms. The van der Waals surface area contributed by atoms with E-state index in [-0.39, 0.29) is 6.04 Å². The number of hydrogen-bond donors (Lipinski definition) is 1. The maximum Gasteiger partial charge on any atom is 0.0832 e. The number of rotatable bonds is 1. The molecular formula is C21H22N2O. The highest BCUT2D eigenvalue weighted by molar-refractivity contribution is 5.99. The molecule has 0 aromatic heterocycles. The lowest BCUT2D eigenvalue weighted by molar-refractivity contribution is 0.311. The van der Waals surface area contributed by atoms with Crippen LogP contribution in [-0.2, 0) is 12.8 Å². The Morgan fingerprint density at radius 2 is 1.50 bits per heavy atom. The highest BCUT2D eigenvalue weighted by Gasteiger charge is 2.49. The van der Waals surface area contributed by atoms with E-state index in [1.807, 2.05) is 0 Å². The summed E-state index contributed by atoms with van der Waals surface area (Å²) >= 11 is 0. The van der Waals surface area contributed by atoms with Gasteiger partial charge in [-0.15, -0.1) is 0 Å². The number of aryl methyl sites for hydroxylation is 2. The average Bonchev–Trinajstić information content (AvgIpc) is 3.19. The van der Waals surface area contributed by atoms with Crippen LogP contribution in [0.4, 0.5) is 11.4 Å². The van der Waals surface area contributed by atoms with Crippen LogP contribution >= 0.6 is 0 Å². The van der Waals surface area contributed by atoms with E-state index in [0.29, 0.717) is 11.8 Å². The molecule has 3 atom stereocenters. The molecule has 0 radical (unpaired) electrons. The van der Waals surface area contributed by atoms with Crippen LogP contribution in [0.5, 0.6) is 0 Å². The number of anilines is 2. The van der Waals surface area contributed by atoms with Gasteiger partial charge in [0.1, 0.15) is 0 Å². The Labute approximate surface area is 142 Å². The van der Waals surface area contributed by atoms with E-state index in [0.717, 1.165) is 18.6 Å². The van der Waals surface area contributed by atoms with Crippen LogP contribution in [0.15, 0.2) is 53.7 Å². The Morgan fingerprint density at radius 1 is 0.875 bits per heavy atom. The van der Waals surface area contributed by atoms with Crippen molar-refractivity contribution in [3.63, 3.8) is 0 Å². The molecule has 1 N–H and O–H groups in total. The maximum absolute atomic E-state index is 9.72. The number of nitrogens with zero attached hydrogens (tertiary/aromatic N) is 2. The molecule has 0 saturated heterocycles. The molecule has 122 valence electrons. The predicted molar refractivity (Wildman–Crippen MR) is 96.3 cm³/mol. The Balaban J connectivity index is 1.72. The third-order valence-corrected chi connectivity index (χ3v) is 6.20. The molecule has 3 unspecified atom stereocenters. The lowest BCUT2D eigenvalue weighted by Crippen LogP contribution is -2.42. The molecule has 2 aromatic rings. The van der Waals surface area contributed by atoms with Gasteiger partial charge >= 0.3 is 0 Å². The normalized spacial score (nSPS) is 29.4. The zero-order chi connectivity index (χ0) is 16.1. The third kappa shape index (κ3) is 1.94. The zero-order valence-electron chi connectivity index (χ0n) is 13.7. The summed E-state index contributed by atoms with van der Waals surface area (Å²) in [5.74, 6) is 1.06. The summed E-state index contributed by atoms with van der Waals surface area (Å²) in [5, 5.41) is 13.5. The molecule has 24 heavy (non-hydrogen) atoms. The van der Waals surface area contributed by atoms with Crippen molar-refractivity contribution in [3.8, 4) is 0 Å². The van der Waals surface area contributed by atoms with Gasteiger partial charge in [-0.2, -0.15) is 0 Å². The number of para-hydroxylation sites is 2. The van der Waals surface area contributed by atoms with E-state index < -0.39 is 0 Å². The van der Waals surface area contributed by atoms with Crippen molar-refractivity contribution in [2.45, 2.75) is 38.1 Å². The van der Waals surface area contributed by atoms with E-state index in [2.05, 4.69) is 58.6 Å². The molecule has 2 fully saturated rings. The van der Waals surface area contributed by atoms with Gasteiger partial charge in [0.05, 0.1) is 11.8 Å². The van der Waals surface area contributed by atoms with Crippen molar-refractivity contribution in [1.82, 2.24) is 0 Å². The highest BCUT2D eigenvalue weighted by Crippen LogP contribution is 2.49. The van der Waals surface area contributed by atoms with Crippen LogP contribution in [-0.4, -0.2) is 17.0 Å². The molecule has 1 aliphatic heterocycles. The van der Waals surface area contributed by atoms with E-state index in [4.69, 9.17) is 0 Å². The van der Waals surface area contributed by atoms with Crippen molar-refractivity contribution in [1.29, 1.82) is 0 Å². The van der Waals surface area contributed by atoms with Crippen molar-refractivity contribution < 1.29 is 5.21 Å². The zero-order valence-corrected chi connectivity index (χ0v) is 13.7. The molecule has 2 bridgehead atoms. The van der Waals surface area contributed by atoms with E-state index in [1.165, 1.54) is 41.8 Å². The van der Waals surface area contributed by atoms with Gasteiger partial charge < -0.3 is 10.1 Å². The minimum atomic E-state index is 0.203. The SMILES string of the molecule is ON=C1C2CCC(C2)C1N1c2ccccc2CCc2ccccc21. The van der Waals surface area contributed by atoms with Crippen LogP contribution in [0.2, 0.25) is 0 Å². The molecule has 3 nitrogen and oxygen atoms in total. The van der Waals surface area contributed by atoms with Crippen LogP contribution in [0.3, 0.4) is 0 Å². The smallest absolute Gasteiger partial charge is 0.0832 e. The van der Waals surface area contributed by atoms with Gasteiger partial charge in [0, 0.05) is 17.3 Å². The fourth-order valence-electron chi connectivity index (χ4n) is 5.15. The van der Waals surface area contributed by atoms with Crippen molar-refractivity contribution in [2.24, 2.45) is 17.0 Å². The second-order valence-electron chi connectivity index (χ2n) is 7.37. The largest absolute Gasteiger partial charge is 0.411 e. The van der Waals surface area contributed by atoms with Crippen molar-refractivity contribution in [3.05, 3.63) is 59.7 Å². The topological polar surface area (TPSA) is 35.8 Å². The Bertz CT molecular complexity index is 765. The summed E-state index contributed by atoms with van der Waals surface area (Å²) in [6, 6.07) is 17.7. The van der Waals surface area contributed by atoms with Crippen LogP contribution < -0.4 is 4.90 Å². The molecule has 2 saturated carbocycles. The number of fused-ring (bicyclic) bond motifs is 4. The Hall–Kier alpha value is -2.29. The lowest BCUT2D eigenvalue weighted by Gasteiger charge is -2.37. The minimum Gasteiger partial charge on any atom is -0.411 e. The summed E-state index contributed by atoms with van der Waals surface area (Å²) in [6.45, 7) is 0. The van der Waals surface area contributed by atoms with Crippen molar-refractivity contribution >= 4 is 17.1 Å². The second kappa shape index (κ2) is 5.37. The molecule has 3 heteroatoms. The molecule has 2 aliphatic carbocycles. The van der Waals surface area contributed by atoms with Crippen LogP contribution in [0.25, 0.3) is 0 Å². The van der Waals surface area contributed by atoms with Crippen LogP contribution in [0, 0.1) is 11.8 Å². The molecule has 3 aliphatic rings. The van der Waals surface area contributed by atoms with Gasteiger partial charge in [-0.3, -0.25) is 0 Å². The van der Waals surface area contributed by atoms with Gasteiger partial charge in [-0.1, -0.05) is 41.6 Å². The van der Waals surface area contributed by atoms with E-state index in [1.54, 1.807) is 0 Å². The van der Waals surface area contributed by atoms with Gasteiger partial charge in [-0.25, -0.2) is 0 Å². The highest BCUT2D eigenvalue weighted by atomic mass is 16.4. The lowest BCUT2D eigenvalue weighted by atomic mass is 9.90. The predicted octanol–water partition coefficient (Wildman–Crippen LogP) is 4.55. The minimum absolute atomic E-state index is 0.203. The first-order valence-corrected chi connectivity index (χ1v) is 9.03. The second-order valence-corrected chi connectivity index (χ2v) is 7.37. The number of benzene rings is 2. The van der Waals surface area contributed by atoms with E-state index >= 15 is 0 Å². The number of hydrogen-bond acceptors (Lipinski definition) is 3. The molecule has 2 aromatic carbocycles. The molecular weight excluding hydrogens is 296 g/mol. The standard InChI is InChI=1S/C21H22N2O/c24-22-20-16-11-12-17(13-16)21(20)23-18-7-3-1-5-14(18)9-10-15-6-2-4-8-19(15)23/h1-8,16-17,21,24H,9-13H2. The van der Waals surface area contributed by atoms with Gasteiger partial charge in [0.2, 0.25) is 0 Å². The summed E-state index contributed by atoms with van der Waals surface area (Å²) in [7, 11) is 0. The van der Waals surface area contributed by atoms with Gasteiger partial charge in [0.15, 0.2) is 0 Å². The summed E-state index contributed by atoms with van der Waals surface area (Å²) in [6.07, 6.45) is 5.73. The quantitative estimate of drug-likeness (QED) is 0.618. The first kappa shape index (κ1) is 14.1. The summed E-state index contributed by atoms with van der Waals surface area (Å²) in [5.41, 5.74) is 6.38. The summed E-state index contributed by atoms with van der Waals surface area (Å²) < 4.78 is 0. The molecule has 1 heterocycles. The first-order chi connectivity index (χ1) is 11.9. The molecule has 0 amide bonds. The fraction of sp³-hybridized carbons (Fsp3) is 0.381. The molecule has 5 rings (SSSR count).